The summed E-state index contributed by atoms with van der Waals surface area (Å²) in [4.78, 5) is 4.94. The van der Waals surface area contributed by atoms with E-state index >= 15 is 0 Å². The van der Waals surface area contributed by atoms with Gasteiger partial charge in [0.2, 0.25) is 0 Å². The number of nitrogens with two attached hydrogens (primary N) is 1. The standard InChI is InChI=1S/C14H23BrN2OS/c1-10-12(15)7-14(19-10)13(8-16)17(2)5-6-18-9-11-3-4-11/h7,11,13H,3-6,8-9,16H2,1-2H3. The lowest BCUT2D eigenvalue weighted by Crippen LogP contribution is -2.32. The second-order valence-electron chi connectivity index (χ2n) is 5.30. The van der Waals surface area contributed by atoms with Crippen LogP contribution in [0.5, 0.6) is 0 Å². The van der Waals surface area contributed by atoms with Crippen LogP contribution in [0.25, 0.3) is 0 Å². The molecule has 1 unspecified atom stereocenters. The number of thiophene rings is 1. The van der Waals surface area contributed by atoms with Gasteiger partial charge in [-0.3, -0.25) is 4.90 Å². The van der Waals surface area contributed by atoms with Gasteiger partial charge in [0.05, 0.1) is 12.6 Å². The average Bonchev–Trinajstić information content (AvgIpc) is 3.13. The van der Waals surface area contributed by atoms with Gasteiger partial charge in [0.1, 0.15) is 0 Å². The molecule has 1 aliphatic carbocycles. The lowest BCUT2D eigenvalue weighted by Gasteiger charge is -2.25. The molecule has 2 N–H and O–H groups in total. The Morgan fingerprint density at radius 3 is 2.84 bits per heavy atom. The van der Waals surface area contributed by atoms with E-state index in [4.69, 9.17) is 10.5 Å². The van der Waals surface area contributed by atoms with Crippen molar-refractivity contribution in [3.63, 3.8) is 0 Å². The van der Waals surface area contributed by atoms with Crippen LogP contribution in [0, 0.1) is 12.8 Å². The molecule has 0 radical (unpaired) electrons. The summed E-state index contributed by atoms with van der Waals surface area (Å²) in [6, 6.07) is 2.48. The van der Waals surface area contributed by atoms with Gasteiger partial charge in [-0.1, -0.05) is 0 Å². The fraction of sp³-hybridized carbons (Fsp3) is 0.714. The minimum absolute atomic E-state index is 0.291. The predicted octanol–water partition coefficient (Wildman–Crippen LogP) is 3.18. The van der Waals surface area contributed by atoms with Gasteiger partial charge < -0.3 is 10.5 Å². The summed E-state index contributed by atoms with van der Waals surface area (Å²) in [5, 5.41) is 0. The van der Waals surface area contributed by atoms with Crippen LogP contribution >= 0.6 is 27.3 Å². The Balaban J connectivity index is 1.81. The summed E-state index contributed by atoms with van der Waals surface area (Å²) in [6.45, 7) is 5.44. The van der Waals surface area contributed by atoms with Crippen LogP contribution in [0.15, 0.2) is 10.5 Å². The van der Waals surface area contributed by atoms with Crippen molar-refractivity contribution in [1.29, 1.82) is 0 Å². The summed E-state index contributed by atoms with van der Waals surface area (Å²) in [5.41, 5.74) is 5.94. The second-order valence-corrected chi connectivity index (χ2v) is 7.45. The number of halogens is 1. The predicted molar refractivity (Wildman–Crippen MR) is 84.7 cm³/mol. The normalized spacial score (nSPS) is 17.1. The van der Waals surface area contributed by atoms with Gasteiger partial charge in [-0.25, -0.2) is 0 Å². The second kappa shape index (κ2) is 7.18. The van der Waals surface area contributed by atoms with Gasteiger partial charge in [-0.15, -0.1) is 11.3 Å². The molecule has 1 fully saturated rings. The number of hydrogen-bond acceptors (Lipinski definition) is 4. The Morgan fingerprint density at radius 1 is 1.58 bits per heavy atom. The van der Waals surface area contributed by atoms with Crippen molar-refractivity contribution in [2.45, 2.75) is 25.8 Å². The Bertz CT molecular complexity index is 387. The molecule has 108 valence electrons. The van der Waals surface area contributed by atoms with Gasteiger partial charge in [0.25, 0.3) is 0 Å². The number of nitrogens with zero attached hydrogens (tertiary/aromatic N) is 1. The largest absolute Gasteiger partial charge is 0.380 e. The Kier molecular flexibility index (Phi) is 5.84. The zero-order valence-corrected chi connectivity index (χ0v) is 14.1. The molecule has 1 heterocycles. The molecule has 0 aromatic carbocycles. The van der Waals surface area contributed by atoms with Crippen molar-refractivity contribution >= 4 is 27.3 Å². The van der Waals surface area contributed by atoms with Crippen LogP contribution in [0.4, 0.5) is 0 Å². The maximum absolute atomic E-state index is 5.94. The molecule has 3 nitrogen and oxygen atoms in total. The number of ether oxygens (including phenoxy) is 1. The molecule has 2 rings (SSSR count). The minimum atomic E-state index is 0.291. The molecular formula is C14H23BrN2OS. The van der Waals surface area contributed by atoms with Crippen molar-refractivity contribution in [2.75, 3.05) is 33.4 Å². The maximum atomic E-state index is 5.94. The number of hydrogen-bond donors (Lipinski definition) is 1. The molecule has 0 amide bonds. The van der Waals surface area contributed by atoms with Crippen LogP contribution in [0.1, 0.15) is 28.6 Å². The smallest absolute Gasteiger partial charge is 0.0593 e. The van der Waals surface area contributed by atoms with E-state index in [1.165, 1.54) is 27.1 Å². The number of likely N-dealkylation sites (N-methyl/N-ethyl adjacent to an activating group) is 1. The zero-order chi connectivity index (χ0) is 13.8. The highest BCUT2D eigenvalue weighted by Gasteiger charge is 2.22. The van der Waals surface area contributed by atoms with Crippen molar-refractivity contribution in [1.82, 2.24) is 4.90 Å². The Morgan fingerprint density at radius 2 is 2.32 bits per heavy atom. The average molecular weight is 347 g/mol. The van der Waals surface area contributed by atoms with E-state index in [0.717, 1.165) is 25.7 Å². The first-order chi connectivity index (χ1) is 9.11. The topological polar surface area (TPSA) is 38.5 Å². The summed E-state index contributed by atoms with van der Waals surface area (Å²) in [6.07, 6.45) is 2.70. The monoisotopic (exact) mass is 346 g/mol. The van der Waals surface area contributed by atoms with E-state index in [2.05, 4.69) is 40.9 Å². The van der Waals surface area contributed by atoms with Gasteiger partial charge in [0.15, 0.2) is 0 Å². The van der Waals surface area contributed by atoms with Gasteiger partial charge in [-0.2, -0.15) is 0 Å². The van der Waals surface area contributed by atoms with Gasteiger partial charge in [0, 0.05) is 33.9 Å². The molecule has 1 aliphatic rings. The molecule has 19 heavy (non-hydrogen) atoms. The third kappa shape index (κ3) is 4.53. The molecule has 0 bridgehead atoms. The fourth-order valence-corrected chi connectivity index (χ4v) is 3.80. The van der Waals surface area contributed by atoms with E-state index in [-0.39, 0.29) is 0 Å². The van der Waals surface area contributed by atoms with Crippen LogP contribution in [0.3, 0.4) is 0 Å². The van der Waals surface area contributed by atoms with Gasteiger partial charge >= 0.3 is 0 Å². The SMILES string of the molecule is Cc1sc(C(CN)N(C)CCOCC2CC2)cc1Br. The molecule has 1 aromatic rings. The third-order valence-corrected chi connectivity index (χ3v) is 5.84. The molecule has 1 atom stereocenters. The first-order valence-electron chi connectivity index (χ1n) is 6.85. The van der Waals surface area contributed by atoms with E-state index in [1.54, 1.807) is 0 Å². The quantitative estimate of drug-likeness (QED) is 0.734. The van der Waals surface area contributed by atoms with Crippen molar-refractivity contribution in [2.24, 2.45) is 11.7 Å². The lowest BCUT2D eigenvalue weighted by molar-refractivity contribution is 0.0927. The number of aryl methyl sites for hydroxylation is 1. The molecule has 0 saturated heterocycles. The minimum Gasteiger partial charge on any atom is -0.380 e. The van der Waals surface area contributed by atoms with E-state index < -0.39 is 0 Å². The van der Waals surface area contributed by atoms with E-state index in [9.17, 15) is 0 Å². The molecule has 5 heteroatoms. The maximum Gasteiger partial charge on any atom is 0.0593 e. The van der Waals surface area contributed by atoms with Crippen LogP contribution in [0.2, 0.25) is 0 Å². The summed E-state index contributed by atoms with van der Waals surface area (Å²) in [5.74, 6) is 0.839. The fourth-order valence-electron chi connectivity index (χ4n) is 2.06. The molecule has 1 saturated carbocycles. The highest BCUT2D eigenvalue weighted by atomic mass is 79.9. The van der Waals surface area contributed by atoms with Crippen molar-refractivity contribution < 1.29 is 4.74 Å². The molecule has 1 aromatic heterocycles. The van der Waals surface area contributed by atoms with Crippen LogP contribution in [-0.4, -0.2) is 38.3 Å². The van der Waals surface area contributed by atoms with E-state index in [1.807, 2.05) is 11.3 Å². The molecule has 0 spiro atoms. The Hall–Kier alpha value is 0.0600. The summed E-state index contributed by atoms with van der Waals surface area (Å²) in [7, 11) is 2.13. The summed E-state index contributed by atoms with van der Waals surface area (Å²) < 4.78 is 6.88. The van der Waals surface area contributed by atoms with Crippen molar-refractivity contribution in [3.05, 3.63) is 20.3 Å². The summed E-state index contributed by atoms with van der Waals surface area (Å²) >= 11 is 5.40. The van der Waals surface area contributed by atoms with Crippen molar-refractivity contribution in [3.8, 4) is 0 Å². The van der Waals surface area contributed by atoms with Crippen LogP contribution in [-0.2, 0) is 4.74 Å². The lowest BCUT2D eigenvalue weighted by atomic mass is 10.2. The number of rotatable bonds is 8. The highest BCUT2D eigenvalue weighted by molar-refractivity contribution is 9.10. The highest BCUT2D eigenvalue weighted by Crippen LogP contribution is 2.32. The third-order valence-electron chi connectivity index (χ3n) is 3.60. The van der Waals surface area contributed by atoms with Gasteiger partial charge in [-0.05, 0) is 54.7 Å². The first kappa shape index (κ1) is 15.4. The van der Waals surface area contributed by atoms with Crippen LogP contribution < -0.4 is 5.73 Å². The molecule has 0 aliphatic heterocycles. The first-order valence-corrected chi connectivity index (χ1v) is 8.46. The zero-order valence-electron chi connectivity index (χ0n) is 11.7. The molecular weight excluding hydrogens is 324 g/mol. The van der Waals surface area contributed by atoms with E-state index in [0.29, 0.717) is 12.6 Å². The Labute approximate surface area is 128 Å².